The number of hydrogen-bond donors (Lipinski definition) is 1. The number of nitrogens with one attached hydrogen (secondary N) is 1. The van der Waals surface area contributed by atoms with Crippen molar-refractivity contribution in [1.29, 1.82) is 0 Å². The Labute approximate surface area is 141 Å². The molecule has 1 amide bonds. The predicted octanol–water partition coefficient (Wildman–Crippen LogP) is 3.27. The van der Waals surface area contributed by atoms with E-state index in [9.17, 15) is 4.79 Å². The Morgan fingerprint density at radius 2 is 1.88 bits per heavy atom. The van der Waals surface area contributed by atoms with E-state index >= 15 is 0 Å². The number of hydrogen-bond acceptors (Lipinski definition) is 4. The number of ether oxygens (including phenoxy) is 3. The van der Waals surface area contributed by atoms with E-state index in [4.69, 9.17) is 14.2 Å². The van der Waals surface area contributed by atoms with Crippen molar-refractivity contribution in [1.82, 2.24) is 5.32 Å². The molecule has 0 aromatic heterocycles. The Morgan fingerprint density at radius 3 is 2.67 bits per heavy atom. The van der Waals surface area contributed by atoms with Crippen molar-refractivity contribution >= 4 is 5.91 Å². The van der Waals surface area contributed by atoms with Gasteiger partial charge < -0.3 is 19.5 Å². The van der Waals surface area contributed by atoms with E-state index < -0.39 is 0 Å². The number of amides is 1. The van der Waals surface area contributed by atoms with E-state index in [0.29, 0.717) is 30.2 Å². The van der Waals surface area contributed by atoms with Crippen molar-refractivity contribution in [3.63, 3.8) is 0 Å². The zero-order chi connectivity index (χ0) is 16.9. The van der Waals surface area contributed by atoms with Gasteiger partial charge in [0.2, 0.25) is 6.79 Å². The molecule has 0 atom stereocenters. The molecule has 0 saturated heterocycles. The number of carbonyl (C=O) groups is 1. The molecule has 0 fully saturated rings. The van der Waals surface area contributed by atoms with Gasteiger partial charge in [-0.25, -0.2) is 0 Å². The third-order valence-corrected chi connectivity index (χ3v) is 3.76. The Morgan fingerprint density at radius 1 is 1.12 bits per heavy atom. The second-order valence-corrected chi connectivity index (χ2v) is 5.88. The highest BCUT2D eigenvalue weighted by atomic mass is 16.7. The number of carbonyl (C=O) groups excluding carboxylic acids is 1. The first-order chi connectivity index (χ1) is 11.6. The van der Waals surface area contributed by atoms with Crippen molar-refractivity contribution in [2.45, 2.75) is 33.1 Å². The van der Waals surface area contributed by atoms with Crippen LogP contribution >= 0.6 is 0 Å². The smallest absolute Gasteiger partial charge is 0.251 e. The van der Waals surface area contributed by atoms with E-state index in [1.54, 1.807) is 18.2 Å². The second kappa shape index (κ2) is 7.36. The SMILES string of the molecule is CC(C)OCc1ccccc1CNC(=O)c1ccc2c(c1)OCO2. The summed E-state index contributed by atoms with van der Waals surface area (Å²) in [6.45, 7) is 5.19. The lowest BCUT2D eigenvalue weighted by atomic mass is 10.1. The Kier molecular flexibility index (Phi) is 5.01. The lowest BCUT2D eigenvalue weighted by molar-refractivity contribution is 0.0651. The molecule has 1 aliphatic heterocycles. The quantitative estimate of drug-likeness (QED) is 0.885. The number of fused-ring (bicyclic) bond motifs is 1. The van der Waals surface area contributed by atoms with E-state index in [0.717, 1.165) is 11.1 Å². The second-order valence-electron chi connectivity index (χ2n) is 5.88. The first-order valence-corrected chi connectivity index (χ1v) is 7.99. The average Bonchev–Trinajstić information content (AvgIpc) is 3.06. The van der Waals surface area contributed by atoms with E-state index in [2.05, 4.69) is 5.32 Å². The van der Waals surface area contributed by atoms with Crippen LogP contribution in [0.5, 0.6) is 11.5 Å². The molecule has 2 aromatic carbocycles. The Hall–Kier alpha value is -2.53. The molecule has 0 unspecified atom stereocenters. The van der Waals surface area contributed by atoms with Crippen molar-refractivity contribution < 1.29 is 19.0 Å². The van der Waals surface area contributed by atoms with Gasteiger partial charge in [0.25, 0.3) is 5.91 Å². The fraction of sp³-hybridized carbons (Fsp3) is 0.316. The molecule has 24 heavy (non-hydrogen) atoms. The molecule has 2 aromatic rings. The highest BCUT2D eigenvalue weighted by Crippen LogP contribution is 2.32. The van der Waals surface area contributed by atoms with Crippen LogP contribution in [0.25, 0.3) is 0 Å². The molecule has 5 nitrogen and oxygen atoms in total. The Balaban J connectivity index is 1.64. The molecule has 0 spiro atoms. The van der Waals surface area contributed by atoms with Crippen LogP contribution in [0.3, 0.4) is 0 Å². The molecule has 126 valence electrons. The maximum atomic E-state index is 12.4. The Bertz CT molecular complexity index is 727. The predicted molar refractivity (Wildman–Crippen MR) is 90.1 cm³/mol. The third-order valence-electron chi connectivity index (χ3n) is 3.76. The fourth-order valence-corrected chi connectivity index (χ4v) is 2.44. The minimum Gasteiger partial charge on any atom is -0.454 e. The molecule has 0 radical (unpaired) electrons. The van der Waals surface area contributed by atoms with Gasteiger partial charge in [-0.2, -0.15) is 0 Å². The van der Waals surface area contributed by atoms with Gasteiger partial charge in [-0.05, 0) is 43.2 Å². The first-order valence-electron chi connectivity index (χ1n) is 7.99. The molecule has 1 aliphatic rings. The van der Waals surface area contributed by atoms with Crippen LogP contribution in [0.1, 0.15) is 35.3 Å². The molecule has 1 heterocycles. The van der Waals surface area contributed by atoms with Crippen molar-refractivity contribution in [2.75, 3.05) is 6.79 Å². The van der Waals surface area contributed by atoms with Crippen LogP contribution in [-0.4, -0.2) is 18.8 Å². The summed E-state index contributed by atoms with van der Waals surface area (Å²) in [6.07, 6.45) is 0.168. The largest absolute Gasteiger partial charge is 0.454 e. The van der Waals surface area contributed by atoms with Gasteiger partial charge in [0.1, 0.15) is 0 Å². The van der Waals surface area contributed by atoms with Crippen LogP contribution < -0.4 is 14.8 Å². The van der Waals surface area contributed by atoms with Gasteiger partial charge in [-0.15, -0.1) is 0 Å². The third kappa shape index (κ3) is 3.86. The molecule has 3 rings (SSSR count). The standard InChI is InChI=1S/C19H21NO4/c1-13(2)22-11-16-6-4-3-5-15(16)10-20-19(21)14-7-8-17-18(9-14)24-12-23-17/h3-9,13H,10-12H2,1-2H3,(H,20,21). The first kappa shape index (κ1) is 16.3. The van der Waals surface area contributed by atoms with E-state index in [1.165, 1.54) is 0 Å². The molecule has 1 N–H and O–H groups in total. The van der Waals surface area contributed by atoms with Crippen LogP contribution in [0.4, 0.5) is 0 Å². The molecule has 0 saturated carbocycles. The maximum absolute atomic E-state index is 12.4. The topological polar surface area (TPSA) is 56.8 Å². The molecule has 0 aliphatic carbocycles. The fourth-order valence-electron chi connectivity index (χ4n) is 2.44. The molecule has 5 heteroatoms. The van der Waals surface area contributed by atoms with E-state index in [-0.39, 0.29) is 18.8 Å². The van der Waals surface area contributed by atoms with Crippen LogP contribution in [0.2, 0.25) is 0 Å². The normalized spacial score (nSPS) is 12.5. The summed E-state index contributed by atoms with van der Waals surface area (Å²) in [4.78, 5) is 12.4. The molecular formula is C19H21NO4. The highest BCUT2D eigenvalue weighted by molar-refractivity contribution is 5.94. The number of benzene rings is 2. The zero-order valence-electron chi connectivity index (χ0n) is 13.9. The van der Waals surface area contributed by atoms with Gasteiger partial charge in [-0.3, -0.25) is 4.79 Å². The summed E-state index contributed by atoms with van der Waals surface area (Å²) in [7, 11) is 0. The van der Waals surface area contributed by atoms with Gasteiger partial charge in [0, 0.05) is 12.1 Å². The van der Waals surface area contributed by atoms with E-state index in [1.807, 2.05) is 38.1 Å². The monoisotopic (exact) mass is 327 g/mol. The lowest BCUT2D eigenvalue weighted by Gasteiger charge is -2.13. The zero-order valence-corrected chi connectivity index (χ0v) is 13.9. The summed E-state index contributed by atoms with van der Waals surface area (Å²) >= 11 is 0. The minimum atomic E-state index is -0.145. The van der Waals surface area contributed by atoms with Crippen molar-refractivity contribution in [3.05, 3.63) is 59.2 Å². The van der Waals surface area contributed by atoms with Gasteiger partial charge in [0.05, 0.1) is 12.7 Å². The number of rotatable bonds is 6. The van der Waals surface area contributed by atoms with Crippen molar-refractivity contribution in [3.8, 4) is 11.5 Å². The van der Waals surface area contributed by atoms with Crippen molar-refractivity contribution in [2.24, 2.45) is 0 Å². The summed E-state index contributed by atoms with van der Waals surface area (Å²) in [5, 5.41) is 2.94. The molecule has 0 bridgehead atoms. The van der Waals surface area contributed by atoms with Crippen LogP contribution in [0, 0.1) is 0 Å². The summed E-state index contributed by atoms with van der Waals surface area (Å²) < 4.78 is 16.2. The maximum Gasteiger partial charge on any atom is 0.251 e. The van der Waals surface area contributed by atoms with Gasteiger partial charge in [-0.1, -0.05) is 24.3 Å². The average molecular weight is 327 g/mol. The highest BCUT2D eigenvalue weighted by Gasteiger charge is 2.16. The molecular weight excluding hydrogens is 306 g/mol. The lowest BCUT2D eigenvalue weighted by Crippen LogP contribution is -2.23. The summed E-state index contributed by atoms with van der Waals surface area (Å²) in [5.41, 5.74) is 2.68. The summed E-state index contributed by atoms with van der Waals surface area (Å²) in [5.74, 6) is 1.13. The summed E-state index contributed by atoms with van der Waals surface area (Å²) in [6, 6.07) is 13.1. The van der Waals surface area contributed by atoms with Gasteiger partial charge in [0.15, 0.2) is 11.5 Å². The minimum absolute atomic E-state index is 0.145. The van der Waals surface area contributed by atoms with Crippen LogP contribution in [-0.2, 0) is 17.9 Å². The van der Waals surface area contributed by atoms with Gasteiger partial charge >= 0.3 is 0 Å². The van der Waals surface area contributed by atoms with Crippen LogP contribution in [0.15, 0.2) is 42.5 Å².